The molecule has 3 nitrogen and oxygen atoms in total. The van der Waals surface area contributed by atoms with E-state index in [0.717, 1.165) is 0 Å². The highest BCUT2D eigenvalue weighted by Gasteiger charge is 2.60. The molecule has 2 rings (SSSR count). The van der Waals surface area contributed by atoms with Crippen molar-refractivity contribution in [3.05, 3.63) is 35.6 Å². The highest BCUT2D eigenvalue weighted by Crippen LogP contribution is 2.52. The molecule has 0 spiro atoms. The average molecular weight is 264 g/mol. The molecule has 0 radical (unpaired) electrons. The molecule has 0 aromatic heterocycles. The lowest BCUT2D eigenvalue weighted by molar-refractivity contribution is -0.0664. The fourth-order valence-corrected chi connectivity index (χ4v) is 3.41. The highest BCUT2D eigenvalue weighted by atomic mass is 19.1. The van der Waals surface area contributed by atoms with Gasteiger partial charge in [0.05, 0.1) is 5.56 Å². The van der Waals surface area contributed by atoms with Crippen LogP contribution in [0.4, 0.5) is 4.39 Å². The summed E-state index contributed by atoms with van der Waals surface area (Å²) in [7, 11) is 0. The standard InChI is InChI=1S/C15H21FN2O/c1-14(2)12(17)15(3,4)13(14)18-11(19)9-7-5-6-8-10(9)16/h5-8,12-13H,17H2,1-4H3,(H,18,19). The first-order valence-electron chi connectivity index (χ1n) is 6.50. The zero-order valence-electron chi connectivity index (χ0n) is 11.8. The van der Waals surface area contributed by atoms with Gasteiger partial charge >= 0.3 is 0 Å². The fourth-order valence-electron chi connectivity index (χ4n) is 3.41. The number of nitrogens with one attached hydrogen (secondary N) is 1. The Bertz CT molecular complexity index is 495. The molecule has 0 heterocycles. The van der Waals surface area contributed by atoms with E-state index in [1.807, 2.05) is 27.7 Å². The molecule has 1 saturated carbocycles. The molecular formula is C15H21FN2O. The zero-order chi connectivity index (χ0) is 14.4. The van der Waals surface area contributed by atoms with Crippen LogP contribution in [0.15, 0.2) is 24.3 Å². The molecule has 1 fully saturated rings. The first-order valence-corrected chi connectivity index (χ1v) is 6.50. The van der Waals surface area contributed by atoms with Crippen LogP contribution in [0.1, 0.15) is 38.1 Å². The van der Waals surface area contributed by atoms with Gasteiger partial charge in [-0.05, 0) is 12.1 Å². The van der Waals surface area contributed by atoms with Crippen molar-refractivity contribution in [2.45, 2.75) is 39.8 Å². The molecule has 1 aromatic rings. The zero-order valence-corrected chi connectivity index (χ0v) is 11.8. The lowest BCUT2D eigenvalue weighted by Gasteiger charge is -2.62. The van der Waals surface area contributed by atoms with Gasteiger partial charge in [0.2, 0.25) is 0 Å². The topological polar surface area (TPSA) is 55.1 Å². The van der Waals surface area contributed by atoms with E-state index in [1.54, 1.807) is 12.1 Å². The second-order valence-corrected chi connectivity index (χ2v) is 6.51. The summed E-state index contributed by atoms with van der Waals surface area (Å²) in [6, 6.07) is 5.94. The maximum atomic E-state index is 13.6. The smallest absolute Gasteiger partial charge is 0.254 e. The van der Waals surface area contributed by atoms with Crippen molar-refractivity contribution >= 4 is 5.91 Å². The van der Waals surface area contributed by atoms with Crippen LogP contribution in [0.2, 0.25) is 0 Å². The third-order valence-corrected chi connectivity index (χ3v) is 4.49. The van der Waals surface area contributed by atoms with Gasteiger partial charge in [-0.1, -0.05) is 39.8 Å². The number of amides is 1. The summed E-state index contributed by atoms with van der Waals surface area (Å²) in [5.74, 6) is -0.879. The molecule has 0 saturated heterocycles. The first-order chi connectivity index (χ1) is 8.69. The van der Waals surface area contributed by atoms with E-state index in [-0.39, 0.29) is 34.4 Å². The third kappa shape index (κ3) is 2.04. The summed E-state index contributed by atoms with van der Waals surface area (Å²) < 4.78 is 13.6. The number of carbonyl (C=O) groups excluding carboxylic acids is 1. The Labute approximate surface area is 113 Å². The van der Waals surface area contributed by atoms with Gasteiger partial charge in [-0.3, -0.25) is 4.79 Å². The molecule has 1 aliphatic rings. The SMILES string of the molecule is CC1(C)C(N)C(C)(C)C1NC(=O)c1ccccc1F. The van der Waals surface area contributed by atoms with Gasteiger partial charge in [-0.2, -0.15) is 0 Å². The van der Waals surface area contributed by atoms with Crippen molar-refractivity contribution in [1.29, 1.82) is 0 Å². The van der Waals surface area contributed by atoms with Crippen LogP contribution in [0.25, 0.3) is 0 Å². The minimum Gasteiger partial charge on any atom is -0.348 e. The quantitative estimate of drug-likeness (QED) is 0.861. The van der Waals surface area contributed by atoms with Crippen molar-refractivity contribution in [2.75, 3.05) is 0 Å². The van der Waals surface area contributed by atoms with Crippen LogP contribution < -0.4 is 11.1 Å². The summed E-state index contributed by atoms with van der Waals surface area (Å²) in [6.45, 7) is 8.09. The van der Waals surface area contributed by atoms with Crippen LogP contribution in [0.3, 0.4) is 0 Å². The Hall–Kier alpha value is -1.42. The van der Waals surface area contributed by atoms with E-state index in [1.165, 1.54) is 12.1 Å². The third-order valence-electron chi connectivity index (χ3n) is 4.49. The normalized spacial score (nSPS) is 27.5. The van der Waals surface area contributed by atoms with Crippen molar-refractivity contribution < 1.29 is 9.18 Å². The molecule has 3 N–H and O–H groups in total. The molecule has 1 aromatic carbocycles. The molecule has 4 heteroatoms. The van der Waals surface area contributed by atoms with Crippen LogP contribution in [-0.2, 0) is 0 Å². The van der Waals surface area contributed by atoms with E-state index in [9.17, 15) is 9.18 Å². The predicted octanol–water partition coefficient (Wildman–Crippen LogP) is 2.32. The summed E-state index contributed by atoms with van der Waals surface area (Å²) in [6.07, 6.45) is 0. The number of benzene rings is 1. The summed E-state index contributed by atoms with van der Waals surface area (Å²) in [5.41, 5.74) is 5.84. The fraction of sp³-hybridized carbons (Fsp3) is 0.533. The maximum Gasteiger partial charge on any atom is 0.254 e. The second kappa shape index (κ2) is 4.30. The second-order valence-electron chi connectivity index (χ2n) is 6.51. The lowest BCUT2D eigenvalue weighted by Crippen LogP contribution is -2.76. The van der Waals surface area contributed by atoms with Gasteiger partial charge in [-0.15, -0.1) is 0 Å². The molecule has 1 amide bonds. The Kier molecular flexibility index (Phi) is 3.17. The molecule has 104 valence electrons. The maximum absolute atomic E-state index is 13.6. The molecule has 0 bridgehead atoms. The largest absolute Gasteiger partial charge is 0.348 e. The van der Waals surface area contributed by atoms with Gasteiger partial charge < -0.3 is 11.1 Å². The van der Waals surface area contributed by atoms with Gasteiger partial charge in [-0.25, -0.2) is 4.39 Å². The van der Waals surface area contributed by atoms with E-state index in [2.05, 4.69) is 5.32 Å². The number of rotatable bonds is 2. The first kappa shape index (κ1) is 14.0. The highest BCUT2D eigenvalue weighted by molar-refractivity contribution is 5.94. The van der Waals surface area contributed by atoms with Crippen LogP contribution >= 0.6 is 0 Å². The monoisotopic (exact) mass is 264 g/mol. The summed E-state index contributed by atoms with van der Waals surface area (Å²) in [4.78, 5) is 12.2. The minimum absolute atomic E-state index is 0.00548. The predicted molar refractivity (Wildman–Crippen MR) is 73.2 cm³/mol. The van der Waals surface area contributed by atoms with Crippen LogP contribution in [-0.4, -0.2) is 18.0 Å². The molecular weight excluding hydrogens is 243 g/mol. The average Bonchev–Trinajstić information content (AvgIpc) is 2.34. The number of hydrogen-bond acceptors (Lipinski definition) is 2. The molecule has 0 atom stereocenters. The number of halogens is 1. The van der Waals surface area contributed by atoms with Gasteiger partial charge in [0, 0.05) is 22.9 Å². The van der Waals surface area contributed by atoms with Gasteiger partial charge in [0.1, 0.15) is 5.82 Å². The summed E-state index contributed by atoms with van der Waals surface area (Å²) in [5, 5.41) is 2.93. The van der Waals surface area contributed by atoms with Crippen molar-refractivity contribution in [3.8, 4) is 0 Å². The lowest BCUT2D eigenvalue weighted by atomic mass is 9.48. The summed E-state index contributed by atoms with van der Waals surface area (Å²) >= 11 is 0. The van der Waals surface area contributed by atoms with Crippen molar-refractivity contribution in [3.63, 3.8) is 0 Å². The van der Waals surface area contributed by atoms with Crippen LogP contribution in [0.5, 0.6) is 0 Å². The van der Waals surface area contributed by atoms with E-state index < -0.39 is 5.82 Å². The Morgan fingerprint density at radius 3 is 2.26 bits per heavy atom. The minimum atomic E-state index is -0.501. The molecule has 0 unspecified atom stereocenters. The Balaban J connectivity index is 2.19. The number of nitrogens with two attached hydrogens (primary N) is 1. The van der Waals surface area contributed by atoms with Crippen molar-refractivity contribution in [1.82, 2.24) is 5.32 Å². The Morgan fingerprint density at radius 1 is 1.21 bits per heavy atom. The Morgan fingerprint density at radius 2 is 1.74 bits per heavy atom. The van der Waals surface area contributed by atoms with Crippen LogP contribution in [0, 0.1) is 16.6 Å². The van der Waals surface area contributed by atoms with Gasteiger partial charge in [0.25, 0.3) is 5.91 Å². The number of hydrogen-bond donors (Lipinski definition) is 2. The molecule has 1 aliphatic carbocycles. The number of carbonyl (C=O) groups is 1. The van der Waals surface area contributed by atoms with E-state index >= 15 is 0 Å². The van der Waals surface area contributed by atoms with E-state index in [0.29, 0.717) is 0 Å². The van der Waals surface area contributed by atoms with E-state index in [4.69, 9.17) is 5.73 Å². The van der Waals surface area contributed by atoms with Gasteiger partial charge in [0.15, 0.2) is 0 Å². The van der Waals surface area contributed by atoms with Crippen molar-refractivity contribution in [2.24, 2.45) is 16.6 Å². The molecule has 0 aliphatic heterocycles. The molecule has 19 heavy (non-hydrogen) atoms.